The van der Waals surface area contributed by atoms with Gasteiger partial charge in [-0.15, -0.1) is 0 Å². The third-order valence-corrected chi connectivity index (χ3v) is 3.96. The first kappa shape index (κ1) is 26.5. The molecule has 11 nitrogen and oxygen atoms in total. The summed E-state index contributed by atoms with van der Waals surface area (Å²) in [6.45, 7) is 4.09. The predicted molar refractivity (Wildman–Crippen MR) is 126 cm³/mol. The lowest BCUT2D eigenvalue weighted by molar-refractivity contribution is -0.117. The second-order valence-electron chi connectivity index (χ2n) is 7.11. The Morgan fingerprint density at radius 3 is 2.31 bits per heavy atom. The number of rotatable bonds is 8. The number of aromatic nitrogens is 1. The van der Waals surface area contributed by atoms with Crippen LogP contribution in [0.4, 0.5) is 27.8 Å². The average molecular weight is 448 g/mol. The minimum absolute atomic E-state index is 0.185. The van der Waals surface area contributed by atoms with Crippen molar-refractivity contribution >= 4 is 35.1 Å². The molecule has 0 spiro atoms. The Hall–Kier alpha value is -3.57. The van der Waals surface area contributed by atoms with Gasteiger partial charge in [-0.3, -0.25) is 4.79 Å². The van der Waals surface area contributed by atoms with Crippen molar-refractivity contribution in [2.75, 3.05) is 29.1 Å². The molecule has 1 atom stereocenters. The van der Waals surface area contributed by atoms with Crippen LogP contribution < -0.4 is 38.7 Å². The van der Waals surface area contributed by atoms with Crippen molar-refractivity contribution < 1.29 is 19.1 Å². The molecule has 1 unspecified atom stereocenters. The van der Waals surface area contributed by atoms with E-state index in [9.17, 15) is 9.59 Å². The van der Waals surface area contributed by atoms with Crippen molar-refractivity contribution in [2.24, 2.45) is 11.5 Å². The van der Waals surface area contributed by atoms with E-state index in [1.807, 2.05) is 0 Å². The lowest BCUT2D eigenvalue weighted by atomic mass is 10.1. The van der Waals surface area contributed by atoms with Crippen molar-refractivity contribution in [3.05, 3.63) is 36.4 Å². The van der Waals surface area contributed by atoms with Crippen molar-refractivity contribution in [3.63, 3.8) is 0 Å². The number of para-hydroxylation sites is 2. The van der Waals surface area contributed by atoms with Gasteiger partial charge >= 0.3 is 6.16 Å². The molecule has 0 aliphatic heterocycles. The van der Waals surface area contributed by atoms with Gasteiger partial charge in [0.25, 0.3) is 0 Å². The third-order valence-electron chi connectivity index (χ3n) is 3.96. The fourth-order valence-electron chi connectivity index (χ4n) is 2.29. The van der Waals surface area contributed by atoms with Gasteiger partial charge < -0.3 is 43.5 Å². The maximum atomic E-state index is 11.7. The zero-order chi connectivity index (χ0) is 24.1. The van der Waals surface area contributed by atoms with Crippen LogP contribution in [0.5, 0.6) is 5.75 Å². The molecule has 1 aromatic heterocycles. The number of ether oxygens (including phenoxy) is 2. The minimum Gasteiger partial charge on any atom is -0.431 e. The molecule has 11 N–H and O–H groups in total. The van der Waals surface area contributed by atoms with Crippen LogP contribution in [0.25, 0.3) is 0 Å². The first-order valence-electron chi connectivity index (χ1n) is 10.2. The molecule has 0 saturated carbocycles. The number of amides is 1. The fourth-order valence-corrected chi connectivity index (χ4v) is 2.29. The normalized spacial score (nSPS) is 11.2. The number of pyridine rings is 1. The molecule has 0 saturated heterocycles. The van der Waals surface area contributed by atoms with Crippen LogP contribution in [0.1, 0.15) is 33.1 Å². The monoisotopic (exact) mass is 447 g/mol. The van der Waals surface area contributed by atoms with Crippen LogP contribution >= 0.6 is 0 Å². The summed E-state index contributed by atoms with van der Waals surface area (Å²) in [4.78, 5) is 26.7. The standard InChI is InChI=1S/C11H20N6O.C10H13NO3/c12-6-2-1-3-8(14)11(18)17-9-5-4-7(13)10(15)16-9;1-7(2)13-10(12)14-9-6-4-3-5-8(9)11/h4-5,8H,1-3,6,12-14H2,(H3,15,16,17,18);3-7H,11H2,1-2H3. The number of carbonyl (C=O) groups excluding carboxylic acids is 2. The van der Waals surface area contributed by atoms with Gasteiger partial charge in [-0.1, -0.05) is 18.6 Å². The second-order valence-corrected chi connectivity index (χ2v) is 7.11. The third kappa shape index (κ3) is 9.96. The van der Waals surface area contributed by atoms with E-state index < -0.39 is 12.2 Å². The van der Waals surface area contributed by atoms with E-state index in [2.05, 4.69) is 10.3 Å². The highest BCUT2D eigenvalue weighted by Crippen LogP contribution is 2.20. The number of nitrogen functional groups attached to an aromatic ring is 3. The summed E-state index contributed by atoms with van der Waals surface area (Å²) in [6.07, 6.45) is 1.33. The molecule has 2 rings (SSSR count). The first-order valence-corrected chi connectivity index (χ1v) is 10.2. The van der Waals surface area contributed by atoms with Gasteiger partial charge in [-0.2, -0.15) is 0 Å². The number of anilines is 4. The molecule has 2 aromatic rings. The molecule has 11 heteroatoms. The van der Waals surface area contributed by atoms with E-state index in [-0.39, 0.29) is 17.8 Å². The fraction of sp³-hybridized carbons (Fsp3) is 0.381. The van der Waals surface area contributed by atoms with Gasteiger partial charge in [0.2, 0.25) is 5.91 Å². The Morgan fingerprint density at radius 1 is 1.03 bits per heavy atom. The lowest BCUT2D eigenvalue weighted by Gasteiger charge is -2.12. The number of unbranched alkanes of at least 4 members (excludes halogenated alkanes) is 1. The number of carbonyl (C=O) groups is 2. The number of hydrogen-bond acceptors (Lipinski definition) is 10. The molecule has 176 valence electrons. The van der Waals surface area contributed by atoms with Crippen molar-refractivity contribution in [3.8, 4) is 5.75 Å². The number of nitrogens with zero attached hydrogens (tertiary/aromatic N) is 1. The molecule has 1 amide bonds. The molecule has 0 bridgehead atoms. The van der Waals surface area contributed by atoms with Gasteiger partial charge in [-0.25, -0.2) is 9.78 Å². The second kappa shape index (κ2) is 13.7. The first-order chi connectivity index (χ1) is 15.1. The van der Waals surface area contributed by atoms with E-state index in [0.29, 0.717) is 35.9 Å². The summed E-state index contributed by atoms with van der Waals surface area (Å²) < 4.78 is 9.66. The smallest absolute Gasteiger partial charge is 0.431 e. The molecule has 1 heterocycles. The molecular weight excluding hydrogens is 414 g/mol. The Balaban J connectivity index is 0.000000330. The summed E-state index contributed by atoms with van der Waals surface area (Å²) in [7, 11) is 0. The molecular formula is C21H33N7O4. The summed E-state index contributed by atoms with van der Waals surface area (Å²) >= 11 is 0. The maximum absolute atomic E-state index is 11.7. The van der Waals surface area contributed by atoms with E-state index in [0.717, 1.165) is 12.8 Å². The summed E-state index contributed by atoms with van der Waals surface area (Å²) in [5, 5.41) is 2.59. The summed E-state index contributed by atoms with van der Waals surface area (Å²) in [5.41, 5.74) is 28.5. The van der Waals surface area contributed by atoms with Crippen LogP contribution in [-0.4, -0.2) is 35.7 Å². The average Bonchev–Trinajstić information content (AvgIpc) is 2.72. The van der Waals surface area contributed by atoms with Gasteiger partial charge in [0.15, 0.2) is 5.75 Å². The van der Waals surface area contributed by atoms with Gasteiger partial charge in [0.1, 0.15) is 11.6 Å². The Bertz CT molecular complexity index is 877. The number of hydrogen-bond donors (Lipinski definition) is 6. The number of nitrogens with two attached hydrogens (primary N) is 5. The number of benzene rings is 1. The van der Waals surface area contributed by atoms with Crippen molar-refractivity contribution in [2.45, 2.75) is 45.3 Å². The Morgan fingerprint density at radius 2 is 1.72 bits per heavy atom. The van der Waals surface area contributed by atoms with Crippen LogP contribution in [0, 0.1) is 0 Å². The Kier molecular flexibility index (Phi) is 11.3. The molecule has 0 fully saturated rings. The van der Waals surface area contributed by atoms with Crippen LogP contribution in [0.3, 0.4) is 0 Å². The molecule has 32 heavy (non-hydrogen) atoms. The maximum Gasteiger partial charge on any atom is 0.514 e. The summed E-state index contributed by atoms with van der Waals surface area (Å²) in [5.74, 6) is 0.562. The largest absolute Gasteiger partial charge is 0.514 e. The van der Waals surface area contributed by atoms with Crippen LogP contribution in [0.2, 0.25) is 0 Å². The Labute approximate surface area is 187 Å². The molecule has 0 aliphatic carbocycles. The van der Waals surface area contributed by atoms with Gasteiger partial charge in [-0.05, 0) is 57.5 Å². The van der Waals surface area contributed by atoms with Crippen LogP contribution in [-0.2, 0) is 9.53 Å². The van der Waals surface area contributed by atoms with Crippen LogP contribution in [0.15, 0.2) is 36.4 Å². The quantitative estimate of drug-likeness (QED) is 0.150. The van der Waals surface area contributed by atoms with Crippen molar-refractivity contribution in [1.82, 2.24) is 4.98 Å². The highest BCUT2D eigenvalue weighted by atomic mass is 16.7. The summed E-state index contributed by atoms with van der Waals surface area (Å²) in [6, 6.07) is 9.34. The SMILES string of the molecule is CC(C)OC(=O)Oc1ccccc1N.NCCCCC(N)C(=O)Nc1ccc(N)c(N)n1. The minimum atomic E-state index is -0.738. The van der Waals surface area contributed by atoms with Crippen molar-refractivity contribution in [1.29, 1.82) is 0 Å². The predicted octanol–water partition coefficient (Wildman–Crippen LogP) is 1.83. The molecule has 0 radical (unpaired) electrons. The topological polar surface area (TPSA) is 208 Å². The van der Waals surface area contributed by atoms with Gasteiger partial charge in [0.05, 0.1) is 23.5 Å². The highest BCUT2D eigenvalue weighted by molar-refractivity contribution is 5.94. The van der Waals surface area contributed by atoms with E-state index >= 15 is 0 Å². The zero-order valence-electron chi connectivity index (χ0n) is 18.4. The van der Waals surface area contributed by atoms with E-state index in [1.165, 1.54) is 0 Å². The highest BCUT2D eigenvalue weighted by Gasteiger charge is 2.14. The van der Waals surface area contributed by atoms with Gasteiger partial charge in [0, 0.05) is 0 Å². The lowest BCUT2D eigenvalue weighted by Crippen LogP contribution is -2.35. The number of nitrogens with one attached hydrogen (secondary N) is 1. The van der Waals surface area contributed by atoms with E-state index in [4.69, 9.17) is 38.1 Å². The van der Waals surface area contributed by atoms with E-state index in [1.54, 1.807) is 50.2 Å². The molecule has 0 aliphatic rings. The molecule has 1 aromatic carbocycles. The zero-order valence-corrected chi connectivity index (χ0v) is 18.4.